The van der Waals surface area contributed by atoms with Gasteiger partial charge in [0.2, 0.25) is 0 Å². The van der Waals surface area contributed by atoms with Crippen LogP contribution in [0.2, 0.25) is 0 Å². The van der Waals surface area contributed by atoms with E-state index in [1.807, 2.05) is 18.2 Å². The molecule has 0 saturated heterocycles. The summed E-state index contributed by atoms with van der Waals surface area (Å²) in [4.78, 5) is 16.7. The Bertz CT molecular complexity index is 1430. The summed E-state index contributed by atoms with van der Waals surface area (Å²) in [5.74, 6) is 0.950. The molecular weight excluding hydrogens is 428 g/mol. The summed E-state index contributed by atoms with van der Waals surface area (Å²) in [7, 11) is 3.24. The summed E-state index contributed by atoms with van der Waals surface area (Å²) in [6.07, 6.45) is 1.79. The molecule has 0 spiro atoms. The Morgan fingerprint density at radius 3 is 2.66 bits per heavy atom. The van der Waals surface area contributed by atoms with Gasteiger partial charge in [0, 0.05) is 16.5 Å². The predicted molar refractivity (Wildman–Crippen MR) is 124 cm³/mol. The molecule has 5 rings (SSSR count). The Morgan fingerprint density at radius 1 is 1.06 bits per heavy atom. The number of hydrogen-bond donors (Lipinski definition) is 2. The molecule has 0 aliphatic carbocycles. The summed E-state index contributed by atoms with van der Waals surface area (Å²) >= 11 is 1.61. The molecule has 32 heavy (non-hydrogen) atoms. The molecular formula is C23H18N4O4S. The highest BCUT2D eigenvalue weighted by Gasteiger charge is 2.14. The predicted octanol–water partition coefficient (Wildman–Crippen LogP) is 5.07. The maximum atomic E-state index is 11.2. The molecule has 2 N–H and O–H groups in total. The minimum atomic E-state index is -0.980. The number of rotatable bonds is 6. The van der Waals surface area contributed by atoms with E-state index in [4.69, 9.17) is 9.47 Å². The third-order valence-corrected chi connectivity index (χ3v) is 6.14. The van der Waals surface area contributed by atoms with Gasteiger partial charge in [-0.15, -0.1) is 16.4 Å². The molecule has 9 heteroatoms. The summed E-state index contributed by atoms with van der Waals surface area (Å²) in [6.45, 7) is 0. The van der Waals surface area contributed by atoms with E-state index in [0.717, 1.165) is 20.7 Å². The summed E-state index contributed by atoms with van der Waals surface area (Å²) < 4.78 is 13.7. The summed E-state index contributed by atoms with van der Waals surface area (Å²) in [5, 5.41) is 18.1. The van der Waals surface area contributed by atoms with Gasteiger partial charge in [-0.05, 0) is 47.9 Å². The van der Waals surface area contributed by atoms with Gasteiger partial charge < -0.3 is 19.9 Å². The van der Waals surface area contributed by atoms with Gasteiger partial charge in [-0.1, -0.05) is 6.07 Å². The van der Waals surface area contributed by atoms with E-state index >= 15 is 0 Å². The zero-order chi connectivity index (χ0) is 22.2. The maximum Gasteiger partial charge on any atom is 0.335 e. The van der Waals surface area contributed by atoms with Gasteiger partial charge in [-0.2, -0.15) is 0 Å². The molecule has 8 nitrogen and oxygen atoms in total. The number of aromatic nitrogens is 3. The lowest BCUT2D eigenvalue weighted by Gasteiger charge is -2.07. The van der Waals surface area contributed by atoms with E-state index in [2.05, 4.69) is 21.5 Å². The van der Waals surface area contributed by atoms with Crippen molar-refractivity contribution in [3.63, 3.8) is 0 Å². The number of thiophene rings is 1. The van der Waals surface area contributed by atoms with Crippen LogP contribution in [0.5, 0.6) is 11.5 Å². The average Bonchev–Trinajstić information content (AvgIpc) is 3.41. The van der Waals surface area contributed by atoms with Crippen molar-refractivity contribution in [1.82, 2.24) is 14.6 Å². The fourth-order valence-electron chi connectivity index (χ4n) is 3.48. The molecule has 2 aromatic carbocycles. The van der Waals surface area contributed by atoms with Crippen LogP contribution in [0.15, 0.2) is 60.8 Å². The second-order valence-electron chi connectivity index (χ2n) is 7.00. The third-order valence-electron chi connectivity index (χ3n) is 5.02. The van der Waals surface area contributed by atoms with E-state index in [1.54, 1.807) is 66.6 Å². The van der Waals surface area contributed by atoms with Crippen LogP contribution < -0.4 is 14.8 Å². The Morgan fingerprint density at radius 2 is 1.88 bits per heavy atom. The largest absolute Gasteiger partial charge is 0.493 e. The molecule has 0 saturated carbocycles. The van der Waals surface area contributed by atoms with Gasteiger partial charge in [-0.25, -0.2) is 14.3 Å². The Labute approximate surface area is 186 Å². The topological polar surface area (TPSA) is 98.0 Å². The van der Waals surface area contributed by atoms with Crippen molar-refractivity contribution in [3.05, 3.63) is 66.4 Å². The molecule has 5 aromatic rings. The van der Waals surface area contributed by atoms with E-state index in [0.29, 0.717) is 28.7 Å². The minimum Gasteiger partial charge on any atom is -0.493 e. The first kappa shape index (κ1) is 19.8. The molecule has 3 aromatic heterocycles. The number of nitrogens with zero attached hydrogens (tertiary/aromatic N) is 3. The molecule has 160 valence electrons. The molecule has 0 atom stereocenters. The van der Waals surface area contributed by atoms with Crippen molar-refractivity contribution in [2.24, 2.45) is 0 Å². The normalized spacial score (nSPS) is 11.1. The smallest absolute Gasteiger partial charge is 0.335 e. The third kappa shape index (κ3) is 3.48. The number of methoxy groups -OCH3 is 2. The molecule has 0 unspecified atom stereocenters. The van der Waals surface area contributed by atoms with Crippen molar-refractivity contribution in [2.45, 2.75) is 0 Å². The number of carbonyl (C=O) groups is 1. The van der Waals surface area contributed by atoms with Crippen LogP contribution in [0, 0.1) is 0 Å². The first-order valence-electron chi connectivity index (χ1n) is 9.67. The van der Waals surface area contributed by atoms with Crippen molar-refractivity contribution in [3.8, 4) is 22.1 Å². The lowest BCUT2D eigenvalue weighted by molar-refractivity contribution is 0.0697. The van der Waals surface area contributed by atoms with E-state index in [1.165, 1.54) is 0 Å². The van der Waals surface area contributed by atoms with Crippen LogP contribution >= 0.6 is 11.3 Å². The number of fused-ring (bicyclic) bond motifs is 2. The summed E-state index contributed by atoms with van der Waals surface area (Å²) in [5.41, 5.74) is 2.40. The molecule has 0 aliphatic heterocycles. The van der Waals surface area contributed by atoms with E-state index in [9.17, 15) is 9.90 Å². The number of nitrogens with one attached hydrogen (secondary N) is 1. The maximum absolute atomic E-state index is 11.2. The van der Waals surface area contributed by atoms with Gasteiger partial charge in [0.05, 0.1) is 30.9 Å². The number of carboxylic acids is 1. The lowest BCUT2D eigenvalue weighted by Crippen LogP contribution is -2.01. The Kier molecular flexibility index (Phi) is 4.87. The van der Waals surface area contributed by atoms with Crippen molar-refractivity contribution in [2.75, 3.05) is 19.5 Å². The average molecular weight is 446 g/mol. The highest BCUT2D eigenvalue weighted by atomic mass is 32.1. The fraction of sp³-hybridized carbons (Fsp3) is 0.0870. The van der Waals surface area contributed by atoms with Crippen LogP contribution in [0.4, 0.5) is 11.5 Å². The molecule has 0 radical (unpaired) electrons. The van der Waals surface area contributed by atoms with Crippen molar-refractivity contribution >= 4 is 44.5 Å². The van der Waals surface area contributed by atoms with E-state index < -0.39 is 5.97 Å². The van der Waals surface area contributed by atoms with Crippen LogP contribution in [0.1, 0.15) is 10.4 Å². The van der Waals surface area contributed by atoms with Crippen LogP contribution in [0.25, 0.3) is 26.3 Å². The van der Waals surface area contributed by atoms with Gasteiger partial charge in [0.25, 0.3) is 0 Å². The lowest BCUT2D eigenvalue weighted by atomic mass is 10.2. The number of carboxylic acid groups (broad SMARTS) is 1. The first-order chi connectivity index (χ1) is 15.6. The highest BCUT2D eigenvalue weighted by Crippen LogP contribution is 2.39. The Balaban J connectivity index is 1.54. The highest BCUT2D eigenvalue weighted by molar-refractivity contribution is 7.22. The number of hydrogen-bond acceptors (Lipinski definition) is 7. The van der Waals surface area contributed by atoms with Crippen molar-refractivity contribution < 1.29 is 19.4 Å². The molecule has 0 fully saturated rings. The molecule has 3 heterocycles. The Hall–Kier alpha value is -4.11. The first-order valence-corrected chi connectivity index (χ1v) is 10.5. The van der Waals surface area contributed by atoms with E-state index in [-0.39, 0.29) is 5.56 Å². The van der Waals surface area contributed by atoms with Gasteiger partial charge in [0.1, 0.15) is 5.69 Å². The standard InChI is InChI=1S/C23H18N4O4S/c1-30-17-9-14-10-20(32-19(14)11-18(17)31-2)16-12-24-22-7-6-21(26-27(16)22)25-15-5-3-4-13(8-15)23(28)29/h3-12H,1-2H3,(H,25,26)(H,28,29). The quantitative estimate of drug-likeness (QED) is 0.376. The number of imidazole rings is 1. The number of aromatic carboxylic acids is 1. The number of anilines is 2. The monoisotopic (exact) mass is 446 g/mol. The van der Waals surface area contributed by atoms with Crippen LogP contribution in [-0.4, -0.2) is 39.9 Å². The van der Waals surface area contributed by atoms with Crippen molar-refractivity contribution in [1.29, 1.82) is 0 Å². The number of benzene rings is 2. The SMILES string of the molecule is COc1cc2cc(-c3cnc4ccc(Nc5cccc(C(=O)O)c5)nn34)sc2cc1OC. The number of ether oxygens (including phenoxy) is 2. The summed E-state index contributed by atoms with van der Waals surface area (Å²) in [6, 6.07) is 16.2. The minimum absolute atomic E-state index is 0.204. The van der Waals surface area contributed by atoms with Gasteiger partial charge in [0.15, 0.2) is 23.0 Å². The molecule has 0 amide bonds. The van der Waals surface area contributed by atoms with Crippen LogP contribution in [0.3, 0.4) is 0 Å². The second-order valence-corrected chi connectivity index (χ2v) is 8.08. The second kappa shape index (κ2) is 7.86. The fourth-order valence-corrected chi connectivity index (χ4v) is 4.55. The van der Waals surface area contributed by atoms with Gasteiger partial charge in [-0.3, -0.25) is 0 Å². The molecule has 0 bridgehead atoms. The van der Waals surface area contributed by atoms with Gasteiger partial charge >= 0.3 is 5.97 Å². The zero-order valence-corrected chi connectivity index (χ0v) is 18.0. The zero-order valence-electron chi connectivity index (χ0n) is 17.2. The molecule has 0 aliphatic rings. The van der Waals surface area contributed by atoms with Crippen LogP contribution in [-0.2, 0) is 0 Å².